The highest BCUT2D eigenvalue weighted by atomic mass is 35.5. The molecule has 4 aromatic rings. The Balaban J connectivity index is 1.90. The van der Waals surface area contributed by atoms with Crippen LogP contribution in [0.25, 0.3) is 10.9 Å². The Bertz CT molecular complexity index is 1100. The van der Waals surface area contributed by atoms with Crippen LogP contribution in [0, 0.1) is 6.92 Å². The first-order chi connectivity index (χ1) is 13.1. The Morgan fingerprint density at radius 2 is 1.78 bits per heavy atom. The number of aromatic hydroxyl groups is 1. The number of benzene rings is 2. The van der Waals surface area contributed by atoms with Crippen molar-refractivity contribution in [1.82, 2.24) is 9.97 Å². The number of fused-ring (bicyclic) bond motifs is 1. The molecule has 27 heavy (non-hydrogen) atoms. The smallest absolute Gasteiger partial charge is 0.147 e. The second-order valence-corrected chi connectivity index (χ2v) is 6.81. The normalized spacial score (nSPS) is 12.1. The molecule has 1 atom stereocenters. The maximum absolute atomic E-state index is 11.0. The second kappa shape index (κ2) is 7.25. The molecule has 2 aromatic heterocycles. The Kier molecular flexibility index (Phi) is 4.65. The van der Waals surface area contributed by atoms with Crippen LogP contribution in [0.2, 0.25) is 5.02 Å². The molecule has 0 spiro atoms. The lowest BCUT2D eigenvalue weighted by Gasteiger charge is -2.23. The van der Waals surface area contributed by atoms with Gasteiger partial charge in [0.2, 0.25) is 0 Å². The van der Waals surface area contributed by atoms with Gasteiger partial charge in [0.25, 0.3) is 0 Å². The lowest BCUT2D eigenvalue weighted by atomic mass is 9.93. The molecule has 2 N–H and O–H groups in total. The number of phenolic OH excluding ortho intramolecular Hbond substituents is 1. The number of hydrogen-bond donors (Lipinski definition) is 2. The average molecular weight is 376 g/mol. The summed E-state index contributed by atoms with van der Waals surface area (Å²) >= 11 is 6.27. The zero-order valence-electron chi connectivity index (χ0n) is 14.7. The van der Waals surface area contributed by atoms with Gasteiger partial charge in [-0.2, -0.15) is 0 Å². The molecule has 0 saturated carbocycles. The minimum atomic E-state index is -0.329. The van der Waals surface area contributed by atoms with Gasteiger partial charge in [-0.3, -0.25) is 4.98 Å². The van der Waals surface area contributed by atoms with Gasteiger partial charge in [0.15, 0.2) is 0 Å². The van der Waals surface area contributed by atoms with Crippen molar-refractivity contribution in [3.05, 3.63) is 94.8 Å². The quantitative estimate of drug-likeness (QED) is 0.494. The van der Waals surface area contributed by atoms with Crippen LogP contribution >= 0.6 is 11.6 Å². The SMILES string of the molecule is Cc1ccc(Cl)cc1C(Nc1ccccn1)c1ccc2cccnc2c1O. The molecule has 0 radical (unpaired) electrons. The first-order valence-corrected chi connectivity index (χ1v) is 9.01. The zero-order valence-corrected chi connectivity index (χ0v) is 15.5. The maximum Gasteiger partial charge on any atom is 0.147 e. The maximum atomic E-state index is 11.0. The fourth-order valence-corrected chi connectivity index (χ4v) is 3.40. The van der Waals surface area contributed by atoms with E-state index in [0.717, 1.165) is 22.1 Å². The third-order valence-corrected chi connectivity index (χ3v) is 4.83. The number of hydrogen-bond acceptors (Lipinski definition) is 4. The average Bonchev–Trinajstić information content (AvgIpc) is 2.70. The molecular weight excluding hydrogens is 358 g/mol. The molecule has 5 heteroatoms. The number of anilines is 1. The van der Waals surface area contributed by atoms with E-state index in [2.05, 4.69) is 15.3 Å². The minimum absolute atomic E-state index is 0.154. The number of nitrogens with zero attached hydrogens (tertiary/aromatic N) is 2. The van der Waals surface area contributed by atoms with Crippen LogP contribution in [0.5, 0.6) is 5.75 Å². The van der Waals surface area contributed by atoms with Crippen LogP contribution in [0.4, 0.5) is 5.82 Å². The summed E-state index contributed by atoms with van der Waals surface area (Å²) in [6.07, 6.45) is 3.41. The van der Waals surface area contributed by atoms with E-state index in [1.54, 1.807) is 12.4 Å². The molecule has 4 rings (SSSR count). The summed E-state index contributed by atoms with van der Waals surface area (Å²) in [5, 5.41) is 15.9. The zero-order chi connectivity index (χ0) is 18.8. The topological polar surface area (TPSA) is 58.0 Å². The standard InChI is InChI=1S/C22H18ClN3O/c1-14-7-9-16(23)13-18(14)21(26-19-6-2-3-11-24-19)17-10-8-15-5-4-12-25-20(15)22(17)27/h2-13,21,27H,1H3,(H,24,26). The van der Waals surface area contributed by atoms with Gasteiger partial charge in [-0.1, -0.05) is 41.9 Å². The number of aryl methyl sites for hydroxylation is 1. The molecule has 2 aromatic carbocycles. The van der Waals surface area contributed by atoms with E-state index in [1.165, 1.54) is 0 Å². The van der Waals surface area contributed by atoms with E-state index in [1.807, 2.05) is 67.6 Å². The fraction of sp³-hybridized carbons (Fsp3) is 0.0909. The van der Waals surface area contributed by atoms with Crippen molar-refractivity contribution in [1.29, 1.82) is 0 Å². The molecular formula is C22H18ClN3O. The molecule has 0 bridgehead atoms. The predicted molar refractivity (Wildman–Crippen MR) is 109 cm³/mol. The van der Waals surface area contributed by atoms with Gasteiger partial charge >= 0.3 is 0 Å². The van der Waals surface area contributed by atoms with Gasteiger partial charge in [0.1, 0.15) is 17.1 Å². The van der Waals surface area contributed by atoms with Crippen molar-refractivity contribution in [2.75, 3.05) is 5.32 Å². The molecule has 0 saturated heterocycles. The van der Waals surface area contributed by atoms with Crippen LogP contribution in [-0.2, 0) is 0 Å². The number of aromatic nitrogens is 2. The predicted octanol–water partition coefficient (Wildman–Crippen LogP) is 5.50. The Labute approximate surface area is 162 Å². The Morgan fingerprint density at radius 3 is 2.59 bits per heavy atom. The van der Waals surface area contributed by atoms with Crippen molar-refractivity contribution in [3.63, 3.8) is 0 Å². The van der Waals surface area contributed by atoms with Crippen LogP contribution < -0.4 is 5.32 Å². The van der Waals surface area contributed by atoms with Gasteiger partial charge in [0.05, 0.1) is 6.04 Å². The number of halogens is 1. The summed E-state index contributed by atoms with van der Waals surface area (Å²) in [6.45, 7) is 2.02. The summed E-state index contributed by atoms with van der Waals surface area (Å²) in [5.74, 6) is 0.864. The molecule has 0 fully saturated rings. The fourth-order valence-electron chi connectivity index (χ4n) is 3.22. The summed E-state index contributed by atoms with van der Waals surface area (Å²) in [7, 11) is 0. The largest absolute Gasteiger partial charge is 0.505 e. The van der Waals surface area contributed by atoms with E-state index >= 15 is 0 Å². The van der Waals surface area contributed by atoms with Crippen LogP contribution in [0.15, 0.2) is 73.1 Å². The van der Waals surface area contributed by atoms with Gasteiger partial charge in [0, 0.05) is 28.4 Å². The first kappa shape index (κ1) is 17.3. The number of nitrogens with one attached hydrogen (secondary N) is 1. The van der Waals surface area contributed by atoms with E-state index in [-0.39, 0.29) is 11.8 Å². The molecule has 0 aliphatic rings. The van der Waals surface area contributed by atoms with Gasteiger partial charge in [-0.05, 0) is 48.4 Å². The van der Waals surface area contributed by atoms with Crippen molar-refractivity contribution >= 4 is 28.3 Å². The molecule has 0 aliphatic carbocycles. The monoisotopic (exact) mass is 375 g/mol. The van der Waals surface area contributed by atoms with Gasteiger partial charge in [-0.25, -0.2) is 4.98 Å². The summed E-state index contributed by atoms with van der Waals surface area (Å²) in [5.41, 5.74) is 3.33. The molecule has 0 amide bonds. The minimum Gasteiger partial charge on any atom is -0.505 e. The Hall–Kier alpha value is -3.11. The number of rotatable bonds is 4. The second-order valence-electron chi connectivity index (χ2n) is 6.37. The Morgan fingerprint density at radius 1 is 0.926 bits per heavy atom. The molecule has 1 unspecified atom stereocenters. The first-order valence-electron chi connectivity index (χ1n) is 8.63. The third kappa shape index (κ3) is 3.44. The third-order valence-electron chi connectivity index (χ3n) is 4.60. The van der Waals surface area contributed by atoms with Crippen LogP contribution in [0.3, 0.4) is 0 Å². The van der Waals surface area contributed by atoms with Crippen molar-refractivity contribution in [2.24, 2.45) is 0 Å². The van der Waals surface area contributed by atoms with E-state index in [9.17, 15) is 5.11 Å². The number of phenols is 1. The lowest BCUT2D eigenvalue weighted by molar-refractivity contribution is 0.471. The van der Waals surface area contributed by atoms with Crippen LogP contribution in [0.1, 0.15) is 22.7 Å². The van der Waals surface area contributed by atoms with Crippen LogP contribution in [-0.4, -0.2) is 15.1 Å². The van der Waals surface area contributed by atoms with Crippen molar-refractivity contribution in [2.45, 2.75) is 13.0 Å². The van der Waals surface area contributed by atoms with E-state index < -0.39 is 0 Å². The van der Waals surface area contributed by atoms with Crippen molar-refractivity contribution < 1.29 is 5.11 Å². The van der Waals surface area contributed by atoms with E-state index in [0.29, 0.717) is 16.4 Å². The lowest BCUT2D eigenvalue weighted by Crippen LogP contribution is -2.15. The van der Waals surface area contributed by atoms with Gasteiger partial charge < -0.3 is 10.4 Å². The van der Waals surface area contributed by atoms with Crippen molar-refractivity contribution in [3.8, 4) is 5.75 Å². The summed E-state index contributed by atoms with van der Waals surface area (Å²) in [6, 6.07) is 18.8. The summed E-state index contributed by atoms with van der Waals surface area (Å²) in [4.78, 5) is 8.72. The van der Waals surface area contributed by atoms with Gasteiger partial charge in [-0.15, -0.1) is 0 Å². The number of pyridine rings is 2. The highest BCUT2D eigenvalue weighted by Crippen LogP contribution is 2.37. The highest BCUT2D eigenvalue weighted by Gasteiger charge is 2.22. The highest BCUT2D eigenvalue weighted by molar-refractivity contribution is 6.30. The molecule has 134 valence electrons. The molecule has 0 aliphatic heterocycles. The van der Waals surface area contributed by atoms with E-state index in [4.69, 9.17) is 11.6 Å². The summed E-state index contributed by atoms with van der Waals surface area (Å²) < 4.78 is 0. The molecule has 4 nitrogen and oxygen atoms in total. The molecule has 2 heterocycles.